The minimum atomic E-state index is -0.614. The molecule has 39 heavy (non-hydrogen) atoms. The Balaban J connectivity index is 1.18. The van der Waals surface area contributed by atoms with Crippen molar-refractivity contribution in [1.82, 2.24) is 30.4 Å². The molecule has 1 fully saturated rings. The van der Waals surface area contributed by atoms with Crippen LogP contribution in [0.3, 0.4) is 0 Å². The van der Waals surface area contributed by atoms with Crippen LogP contribution >= 0.6 is 11.8 Å². The number of aliphatic hydroxyl groups is 1. The second-order valence-corrected chi connectivity index (χ2v) is 11.0. The fourth-order valence-corrected chi connectivity index (χ4v) is 6.45. The molecule has 1 aromatic carbocycles. The van der Waals surface area contributed by atoms with Gasteiger partial charge in [0.15, 0.2) is 16.0 Å². The molecule has 0 amide bonds. The summed E-state index contributed by atoms with van der Waals surface area (Å²) in [6.07, 6.45) is 1.15. The summed E-state index contributed by atoms with van der Waals surface area (Å²) in [7, 11) is 0. The standard InChI is InChI=1S/C27H29N7O4S/c35-16(14-33-7-9-37-10-8-33)15-34-20-12-28-13-21(36)25(20)24(17-11-29-32-26(17)34)22-5-6-23(38-22)39-27-30-18-3-1-2-4-19(18)31-27/h1-6,11,16,24,28,35H,7-10,12-15H2,(H,29,32)(H,30,31). The van der Waals surface area contributed by atoms with Crippen LogP contribution in [-0.4, -0.2) is 94.5 Å². The highest BCUT2D eigenvalue weighted by Crippen LogP contribution is 2.46. The van der Waals surface area contributed by atoms with Crippen LogP contribution in [0.4, 0.5) is 5.82 Å². The van der Waals surface area contributed by atoms with Crippen LogP contribution in [0.15, 0.2) is 68.5 Å². The molecule has 202 valence electrons. The van der Waals surface area contributed by atoms with E-state index in [1.807, 2.05) is 41.3 Å². The minimum Gasteiger partial charge on any atom is -0.453 e. The number of ketones is 1. The Kier molecular flexibility index (Phi) is 6.49. The zero-order valence-electron chi connectivity index (χ0n) is 21.2. The molecule has 1 saturated heterocycles. The number of Topliss-reactive ketones (excluding diaryl/α,β-unsaturated/α-hetero) is 1. The van der Waals surface area contributed by atoms with Crippen molar-refractivity contribution in [3.05, 3.63) is 65.2 Å². The normalized spacial score (nSPS) is 20.9. The van der Waals surface area contributed by atoms with Gasteiger partial charge in [0, 0.05) is 43.0 Å². The van der Waals surface area contributed by atoms with Gasteiger partial charge < -0.3 is 29.5 Å². The first-order valence-electron chi connectivity index (χ1n) is 13.1. The van der Waals surface area contributed by atoms with E-state index in [1.165, 1.54) is 11.8 Å². The van der Waals surface area contributed by atoms with Crippen LogP contribution in [0.5, 0.6) is 0 Å². The van der Waals surface area contributed by atoms with Crippen molar-refractivity contribution in [2.45, 2.75) is 22.3 Å². The Hall–Kier alpha value is -3.42. The number of hydrogen-bond donors (Lipinski definition) is 4. The van der Waals surface area contributed by atoms with E-state index < -0.39 is 6.10 Å². The Morgan fingerprint density at radius 3 is 2.87 bits per heavy atom. The van der Waals surface area contributed by atoms with Gasteiger partial charge in [-0.1, -0.05) is 12.1 Å². The molecule has 12 heteroatoms. The number of aromatic nitrogens is 4. The summed E-state index contributed by atoms with van der Waals surface area (Å²) in [5, 5.41) is 23.1. The number of H-pyrrole nitrogens is 2. The Morgan fingerprint density at radius 2 is 2.00 bits per heavy atom. The Labute approximate surface area is 228 Å². The van der Waals surface area contributed by atoms with Crippen LogP contribution in [0.1, 0.15) is 17.2 Å². The number of rotatable bonds is 7. The molecule has 3 aromatic heterocycles. The smallest absolute Gasteiger partial charge is 0.175 e. The lowest BCUT2D eigenvalue weighted by atomic mass is 9.81. The number of imidazole rings is 1. The quantitative estimate of drug-likeness (QED) is 0.272. The SMILES string of the molecule is O=C1CNCC2=C1C(c1ccc(Sc3nc4ccccc4[nH]3)o1)c1cn[nH]c1N2CC(O)CN1CCOCC1. The number of para-hydroxylation sites is 2. The molecule has 11 nitrogen and oxygen atoms in total. The van der Waals surface area contributed by atoms with Crippen molar-refractivity contribution < 1.29 is 19.1 Å². The van der Waals surface area contributed by atoms with Gasteiger partial charge in [0.2, 0.25) is 0 Å². The third kappa shape index (κ3) is 4.68. The molecule has 2 unspecified atom stereocenters. The number of morpholine rings is 1. The summed E-state index contributed by atoms with van der Waals surface area (Å²) < 4.78 is 11.8. The Bertz CT molecular complexity index is 1500. The first-order valence-corrected chi connectivity index (χ1v) is 13.9. The van der Waals surface area contributed by atoms with Gasteiger partial charge in [0.05, 0.1) is 55.6 Å². The van der Waals surface area contributed by atoms with Crippen LogP contribution in [-0.2, 0) is 9.53 Å². The van der Waals surface area contributed by atoms with Crippen LogP contribution in [0.25, 0.3) is 11.0 Å². The van der Waals surface area contributed by atoms with Gasteiger partial charge in [0.1, 0.15) is 11.6 Å². The summed E-state index contributed by atoms with van der Waals surface area (Å²) in [6, 6.07) is 11.7. The fraction of sp³-hybridized carbons (Fsp3) is 0.370. The summed E-state index contributed by atoms with van der Waals surface area (Å²) in [6.45, 7) is 4.61. The average Bonchev–Trinajstić information content (AvgIpc) is 3.69. The molecule has 4 N–H and O–H groups in total. The Morgan fingerprint density at radius 1 is 1.13 bits per heavy atom. The number of nitrogens with one attached hydrogen (secondary N) is 3. The van der Waals surface area contributed by atoms with Crippen LogP contribution in [0, 0.1) is 0 Å². The molecule has 0 spiro atoms. The second kappa shape index (κ2) is 10.3. The average molecular weight is 548 g/mol. The summed E-state index contributed by atoms with van der Waals surface area (Å²) in [5.41, 5.74) is 4.26. The first-order chi connectivity index (χ1) is 19.1. The summed E-state index contributed by atoms with van der Waals surface area (Å²) in [4.78, 5) is 25.5. The van der Waals surface area contributed by atoms with E-state index in [-0.39, 0.29) is 18.2 Å². The van der Waals surface area contributed by atoms with Gasteiger partial charge in [-0.05, 0) is 36.0 Å². The van der Waals surface area contributed by atoms with Gasteiger partial charge in [-0.3, -0.25) is 14.8 Å². The van der Waals surface area contributed by atoms with E-state index in [9.17, 15) is 9.90 Å². The maximum absolute atomic E-state index is 13.4. The molecule has 4 aromatic rings. The van der Waals surface area contributed by atoms with Crippen molar-refractivity contribution in [1.29, 1.82) is 0 Å². The molecular weight excluding hydrogens is 518 g/mol. The van der Waals surface area contributed by atoms with Gasteiger partial charge in [0.25, 0.3) is 0 Å². The van der Waals surface area contributed by atoms with E-state index in [0.29, 0.717) is 49.3 Å². The number of benzene rings is 1. The molecule has 7 rings (SSSR count). The molecule has 6 heterocycles. The number of furan rings is 1. The van der Waals surface area contributed by atoms with Gasteiger partial charge in [-0.25, -0.2) is 4.98 Å². The van der Waals surface area contributed by atoms with Crippen LogP contribution in [0.2, 0.25) is 0 Å². The molecule has 0 bridgehead atoms. The van der Waals surface area contributed by atoms with Crippen molar-refractivity contribution in [2.75, 3.05) is 57.4 Å². The number of β-amino-alcohol motifs (C(OH)–C–C–N with tert-alkyl or cyclic N) is 1. The molecule has 2 atom stereocenters. The molecule has 3 aliphatic rings. The lowest BCUT2D eigenvalue weighted by Crippen LogP contribution is -2.49. The largest absolute Gasteiger partial charge is 0.453 e. The minimum absolute atomic E-state index is 0.0173. The number of carbonyl (C=O) groups is 1. The molecular formula is C27H29N7O4S. The molecule has 0 aliphatic carbocycles. The topological polar surface area (TPSA) is 136 Å². The lowest BCUT2D eigenvalue weighted by Gasteiger charge is -2.39. The van der Waals surface area contributed by atoms with E-state index >= 15 is 0 Å². The summed E-state index contributed by atoms with van der Waals surface area (Å²) in [5.74, 6) is 1.08. The predicted molar refractivity (Wildman–Crippen MR) is 145 cm³/mol. The summed E-state index contributed by atoms with van der Waals surface area (Å²) >= 11 is 1.41. The van der Waals surface area contributed by atoms with Crippen molar-refractivity contribution >= 4 is 34.4 Å². The number of aromatic amines is 2. The number of hydrogen-bond acceptors (Lipinski definition) is 10. The fourth-order valence-electron chi connectivity index (χ4n) is 5.69. The number of ether oxygens (including phenoxy) is 1. The van der Waals surface area contributed by atoms with E-state index in [2.05, 4.69) is 30.4 Å². The highest BCUT2D eigenvalue weighted by atomic mass is 32.2. The third-order valence-electron chi connectivity index (χ3n) is 7.45. The van der Waals surface area contributed by atoms with Crippen molar-refractivity contribution in [3.8, 4) is 0 Å². The van der Waals surface area contributed by atoms with Gasteiger partial charge in [-0.15, -0.1) is 0 Å². The maximum atomic E-state index is 13.4. The number of aliphatic hydroxyl groups excluding tert-OH is 1. The van der Waals surface area contributed by atoms with Gasteiger partial charge in [-0.2, -0.15) is 5.10 Å². The van der Waals surface area contributed by atoms with Crippen molar-refractivity contribution in [3.63, 3.8) is 0 Å². The third-order valence-corrected chi connectivity index (χ3v) is 8.26. The highest BCUT2D eigenvalue weighted by Gasteiger charge is 2.41. The number of nitrogens with zero attached hydrogens (tertiary/aromatic N) is 4. The van der Waals surface area contributed by atoms with Crippen molar-refractivity contribution in [2.24, 2.45) is 0 Å². The highest BCUT2D eigenvalue weighted by molar-refractivity contribution is 7.99. The molecule has 3 aliphatic heterocycles. The maximum Gasteiger partial charge on any atom is 0.175 e. The lowest BCUT2D eigenvalue weighted by molar-refractivity contribution is -0.115. The number of anilines is 1. The zero-order chi connectivity index (χ0) is 26.3. The number of fused-ring (bicyclic) bond motifs is 2. The van der Waals surface area contributed by atoms with E-state index in [4.69, 9.17) is 9.15 Å². The van der Waals surface area contributed by atoms with Crippen LogP contribution < -0.4 is 10.2 Å². The molecule has 0 saturated carbocycles. The van der Waals surface area contributed by atoms with Gasteiger partial charge >= 0.3 is 0 Å². The first kappa shape index (κ1) is 24.6. The predicted octanol–water partition coefficient (Wildman–Crippen LogP) is 2.10. The monoisotopic (exact) mass is 547 g/mol. The second-order valence-electron chi connectivity index (χ2n) is 9.99. The molecule has 0 radical (unpaired) electrons. The van der Waals surface area contributed by atoms with E-state index in [0.717, 1.165) is 46.4 Å². The number of carbonyl (C=O) groups excluding carboxylic acids is 1. The van der Waals surface area contributed by atoms with E-state index in [1.54, 1.807) is 6.20 Å². The zero-order valence-corrected chi connectivity index (χ0v) is 22.0.